The summed E-state index contributed by atoms with van der Waals surface area (Å²) in [5.41, 5.74) is 3.12. The summed E-state index contributed by atoms with van der Waals surface area (Å²) in [4.78, 5) is 8.98. The minimum atomic E-state index is -2.71. The Kier molecular flexibility index (Phi) is 5.84. The van der Waals surface area contributed by atoms with Gasteiger partial charge in [-0.05, 0) is 55.9 Å². The molecule has 0 aliphatic heterocycles. The van der Waals surface area contributed by atoms with E-state index in [9.17, 15) is 4.21 Å². The van der Waals surface area contributed by atoms with Crippen LogP contribution < -0.4 is 15.4 Å². The van der Waals surface area contributed by atoms with Gasteiger partial charge in [-0.15, -0.1) is 0 Å². The van der Waals surface area contributed by atoms with Gasteiger partial charge in [0, 0.05) is 28.6 Å². The van der Waals surface area contributed by atoms with Crippen LogP contribution in [0.4, 0.5) is 23.0 Å². The van der Waals surface area contributed by atoms with Crippen molar-refractivity contribution in [2.45, 2.75) is 11.8 Å². The molecule has 0 saturated carbocycles. The van der Waals surface area contributed by atoms with E-state index in [0.717, 1.165) is 16.9 Å². The molecule has 2 aromatic carbocycles. The Bertz CT molecular complexity index is 1140. The summed E-state index contributed by atoms with van der Waals surface area (Å²) in [6.07, 6.45) is 1.44. The molecule has 0 aliphatic rings. The summed E-state index contributed by atoms with van der Waals surface area (Å²) in [6.45, 7) is 1.94. The Morgan fingerprint density at radius 2 is 1.71 bits per heavy atom. The Labute approximate surface area is 168 Å². The first kappa shape index (κ1) is 19.7. The molecule has 0 saturated heterocycles. The number of aryl methyl sites for hydroxylation is 1. The predicted molar refractivity (Wildman–Crippen MR) is 114 cm³/mol. The van der Waals surface area contributed by atoms with Crippen LogP contribution in [0.25, 0.3) is 0 Å². The van der Waals surface area contributed by atoms with Crippen molar-refractivity contribution in [3.63, 3.8) is 0 Å². The van der Waals surface area contributed by atoms with Gasteiger partial charge in [0.15, 0.2) is 0 Å². The van der Waals surface area contributed by atoms with E-state index in [2.05, 4.69) is 31.4 Å². The number of benzene rings is 2. The Morgan fingerprint density at radius 3 is 2.36 bits per heavy atom. The van der Waals surface area contributed by atoms with Gasteiger partial charge >= 0.3 is 0 Å². The quantitative estimate of drug-likeness (QED) is 0.572. The SMILES string of the molecule is CNS(=O)(=S)c1ccc(C)c(Nc2cc(Nc3ccc(C#N)cc3)ncn2)c1. The first-order valence-corrected chi connectivity index (χ1v) is 10.8. The molecule has 0 spiro atoms. The zero-order chi connectivity index (χ0) is 20.1. The topological polar surface area (TPSA) is 103 Å². The molecule has 0 aliphatic carbocycles. The van der Waals surface area contributed by atoms with Crippen LogP contribution in [0, 0.1) is 18.3 Å². The first-order valence-electron chi connectivity index (χ1n) is 8.32. The lowest BCUT2D eigenvalue weighted by molar-refractivity contribution is 0.676. The van der Waals surface area contributed by atoms with Gasteiger partial charge in [-0.2, -0.15) is 5.26 Å². The molecule has 1 unspecified atom stereocenters. The van der Waals surface area contributed by atoms with Gasteiger partial charge in [-0.1, -0.05) is 6.07 Å². The van der Waals surface area contributed by atoms with Crippen molar-refractivity contribution in [2.24, 2.45) is 0 Å². The van der Waals surface area contributed by atoms with Crippen LogP contribution in [0.1, 0.15) is 11.1 Å². The minimum Gasteiger partial charge on any atom is -0.340 e. The van der Waals surface area contributed by atoms with Crippen LogP contribution >= 0.6 is 0 Å². The van der Waals surface area contributed by atoms with Crippen LogP contribution in [0.15, 0.2) is 59.8 Å². The maximum Gasteiger partial charge on any atom is 0.135 e. The number of anilines is 4. The zero-order valence-electron chi connectivity index (χ0n) is 15.3. The van der Waals surface area contributed by atoms with Crippen LogP contribution in [0.2, 0.25) is 0 Å². The van der Waals surface area contributed by atoms with Crippen molar-refractivity contribution < 1.29 is 4.21 Å². The van der Waals surface area contributed by atoms with E-state index in [1.165, 1.54) is 6.33 Å². The molecule has 3 N–H and O–H groups in total. The second kappa shape index (κ2) is 8.31. The smallest absolute Gasteiger partial charge is 0.135 e. The first-order chi connectivity index (χ1) is 13.4. The van der Waals surface area contributed by atoms with E-state index < -0.39 is 8.68 Å². The van der Waals surface area contributed by atoms with Gasteiger partial charge in [0.25, 0.3) is 0 Å². The largest absolute Gasteiger partial charge is 0.340 e. The van der Waals surface area contributed by atoms with Crippen LogP contribution in [-0.2, 0) is 19.9 Å². The van der Waals surface area contributed by atoms with E-state index in [1.807, 2.05) is 13.0 Å². The molecule has 1 aromatic heterocycles. The highest BCUT2D eigenvalue weighted by atomic mass is 32.8. The molecule has 0 amide bonds. The molecule has 3 rings (SSSR count). The van der Waals surface area contributed by atoms with E-state index in [4.69, 9.17) is 16.4 Å². The Hall–Kier alpha value is -3.06. The van der Waals surface area contributed by atoms with E-state index in [-0.39, 0.29) is 0 Å². The highest BCUT2D eigenvalue weighted by molar-refractivity contribution is 8.31. The fraction of sp³-hybridized carbons (Fsp3) is 0.105. The van der Waals surface area contributed by atoms with Gasteiger partial charge in [-0.3, -0.25) is 0 Å². The fourth-order valence-corrected chi connectivity index (χ4v) is 3.50. The van der Waals surface area contributed by atoms with Gasteiger partial charge in [0.1, 0.15) is 26.6 Å². The summed E-state index contributed by atoms with van der Waals surface area (Å²) in [7, 11) is -1.13. The van der Waals surface area contributed by atoms with E-state index in [1.54, 1.807) is 49.5 Å². The highest BCUT2D eigenvalue weighted by Gasteiger charge is 2.10. The van der Waals surface area contributed by atoms with Crippen LogP contribution in [0.3, 0.4) is 0 Å². The average molecular weight is 411 g/mol. The maximum atomic E-state index is 12.4. The second-order valence-corrected chi connectivity index (χ2v) is 9.21. The molecule has 142 valence electrons. The molecule has 0 radical (unpaired) electrons. The molecule has 7 nitrogen and oxygen atoms in total. The van der Waals surface area contributed by atoms with Crippen molar-refractivity contribution >= 4 is 42.9 Å². The lowest BCUT2D eigenvalue weighted by atomic mass is 10.2. The van der Waals surface area contributed by atoms with Crippen molar-refractivity contribution in [3.8, 4) is 6.07 Å². The summed E-state index contributed by atoms with van der Waals surface area (Å²) >= 11 is 5.12. The van der Waals surface area contributed by atoms with Gasteiger partial charge in [0.05, 0.1) is 16.5 Å². The number of nitrogens with zero attached hydrogens (tertiary/aromatic N) is 3. The molecule has 28 heavy (non-hydrogen) atoms. The number of hydrogen-bond acceptors (Lipinski definition) is 7. The molecule has 1 atom stereocenters. The Balaban J connectivity index is 1.83. The average Bonchev–Trinajstić information content (AvgIpc) is 2.70. The monoisotopic (exact) mass is 410 g/mol. The molecule has 3 aromatic rings. The van der Waals surface area contributed by atoms with Crippen molar-refractivity contribution in [1.82, 2.24) is 14.7 Å². The normalized spacial score (nSPS) is 12.6. The van der Waals surface area contributed by atoms with Crippen molar-refractivity contribution in [3.05, 3.63) is 66.0 Å². The summed E-state index contributed by atoms with van der Waals surface area (Å²) < 4.78 is 15.1. The van der Waals surface area contributed by atoms with Gasteiger partial charge in [-0.25, -0.2) is 18.9 Å². The second-order valence-electron chi connectivity index (χ2n) is 5.91. The lowest BCUT2D eigenvalue weighted by Gasteiger charge is -2.13. The number of rotatable bonds is 6. The van der Waals surface area contributed by atoms with Crippen LogP contribution in [0.5, 0.6) is 0 Å². The van der Waals surface area contributed by atoms with Gasteiger partial charge < -0.3 is 10.6 Å². The third-order valence-electron chi connectivity index (χ3n) is 4.00. The molecular formula is C19H18N6OS2. The standard InChI is InChI=1S/C19H18N6OS2/c1-13-3-8-16(28(26,27)21-2)9-17(13)25-19-10-18(22-12-23-19)24-15-6-4-14(11-20)5-7-15/h3-10,12,21H,1-2H3,(H2,22,23,24,25). The van der Waals surface area contributed by atoms with Crippen molar-refractivity contribution in [1.29, 1.82) is 5.26 Å². The maximum absolute atomic E-state index is 12.4. The third-order valence-corrected chi connectivity index (χ3v) is 6.49. The fourth-order valence-electron chi connectivity index (χ4n) is 2.43. The number of nitriles is 1. The summed E-state index contributed by atoms with van der Waals surface area (Å²) in [5, 5.41) is 15.3. The lowest BCUT2D eigenvalue weighted by Crippen LogP contribution is -2.17. The Morgan fingerprint density at radius 1 is 1.04 bits per heavy atom. The number of hydrogen-bond donors (Lipinski definition) is 3. The third kappa shape index (κ3) is 4.61. The predicted octanol–water partition coefficient (Wildman–Crippen LogP) is 3.38. The number of aromatic nitrogens is 2. The highest BCUT2D eigenvalue weighted by Crippen LogP contribution is 2.24. The number of nitrogens with one attached hydrogen (secondary N) is 3. The summed E-state index contributed by atoms with van der Waals surface area (Å²) in [5.74, 6) is 1.17. The summed E-state index contributed by atoms with van der Waals surface area (Å²) in [6, 6.07) is 16.3. The molecule has 9 heteroatoms. The van der Waals surface area contributed by atoms with Crippen molar-refractivity contribution in [2.75, 3.05) is 17.7 Å². The van der Waals surface area contributed by atoms with Crippen LogP contribution in [-0.4, -0.2) is 21.2 Å². The minimum absolute atomic E-state index is 0.531. The van der Waals surface area contributed by atoms with Gasteiger partial charge in [0.2, 0.25) is 0 Å². The molecule has 0 bridgehead atoms. The molecular weight excluding hydrogens is 392 g/mol. The molecule has 1 heterocycles. The molecule has 0 fully saturated rings. The van der Waals surface area contributed by atoms with E-state index >= 15 is 0 Å². The zero-order valence-corrected chi connectivity index (χ0v) is 16.9. The van der Waals surface area contributed by atoms with E-state index in [0.29, 0.717) is 22.1 Å².